The van der Waals surface area contributed by atoms with Gasteiger partial charge in [-0.25, -0.2) is 9.59 Å². The second-order valence-electron chi connectivity index (χ2n) is 3.90. The maximum Gasteiger partial charge on any atom is 1.00 e. The SMILES string of the molecule is CCOC(=O)/C=C(/C)NCc1ccccc1C(=O)O.[H-].[K+]. The van der Waals surface area contributed by atoms with Gasteiger partial charge in [-0.1, -0.05) is 18.2 Å². The van der Waals surface area contributed by atoms with Crippen LogP contribution in [0, 0.1) is 0 Å². The molecule has 0 amide bonds. The summed E-state index contributed by atoms with van der Waals surface area (Å²) in [5, 5.41) is 12.0. The van der Waals surface area contributed by atoms with Crippen molar-refractivity contribution in [2.45, 2.75) is 20.4 Å². The van der Waals surface area contributed by atoms with Crippen LogP contribution >= 0.6 is 0 Å². The minimum Gasteiger partial charge on any atom is -1.00 e. The summed E-state index contributed by atoms with van der Waals surface area (Å²) >= 11 is 0. The molecule has 0 aromatic heterocycles. The van der Waals surface area contributed by atoms with Gasteiger partial charge in [0, 0.05) is 18.3 Å². The average molecular weight is 303 g/mol. The molecule has 0 heterocycles. The number of hydrogen-bond acceptors (Lipinski definition) is 4. The van der Waals surface area contributed by atoms with E-state index in [9.17, 15) is 9.59 Å². The number of carbonyl (C=O) groups excluding carboxylic acids is 1. The van der Waals surface area contributed by atoms with Crippen LogP contribution in [0.4, 0.5) is 0 Å². The van der Waals surface area contributed by atoms with Gasteiger partial charge in [0.25, 0.3) is 0 Å². The normalized spacial score (nSPS) is 10.4. The van der Waals surface area contributed by atoms with E-state index in [4.69, 9.17) is 9.84 Å². The Morgan fingerprint density at radius 3 is 2.65 bits per heavy atom. The van der Waals surface area contributed by atoms with E-state index in [2.05, 4.69) is 5.32 Å². The van der Waals surface area contributed by atoms with Crippen LogP contribution in [0.1, 0.15) is 31.2 Å². The molecular formula is C14H18KNO4. The fourth-order valence-corrected chi connectivity index (χ4v) is 1.53. The van der Waals surface area contributed by atoms with Crippen LogP contribution in [0.15, 0.2) is 36.0 Å². The van der Waals surface area contributed by atoms with Gasteiger partial charge in [-0.05, 0) is 25.5 Å². The molecule has 0 saturated heterocycles. The van der Waals surface area contributed by atoms with E-state index >= 15 is 0 Å². The van der Waals surface area contributed by atoms with Crippen molar-refractivity contribution in [3.8, 4) is 0 Å². The van der Waals surface area contributed by atoms with Crippen molar-refractivity contribution in [1.82, 2.24) is 5.32 Å². The number of carboxylic acids is 1. The largest absolute Gasteiger partial charge is 1.00 e. The third kappa shape index (κ3) is 6.67. The molecule has 0 fully saturated rings. The molecule has 0 spiro atoms. The molecule has 20 heavy (non-hydrogen) atoms. The zero-order valence-corrected chi connectivity index (χ0v) is 15.1. The van der Waals surface area contributed by atoms with Gasteiger partial charge in [-0.2, -0.15) is 0 Å². The molecule has 5 nitrogen and oxygen atoms in total. The monoisotopic (exact) mass is 303 g/mol. The molecule has 0 aliphatic carbocycles. The second kappa shape index (κ2) is 10.1. The molecule has 2 N–H and O–H groups in total. The smallest absolute Gasteiger partial charge is 1.00 e. The quantitative estimate of drug-likeness (QED) is 0.403. The van der Waals surface area contributed by atoms with Crippen LogP contribution in [0.2, 0.25) is 0 Å². The molecule has 1 aromatic rings. The molecule has 1 rings (SSSR count). The Labute approximate surface area is 162 Å². The average Bonchev–Trinajstić information content (AvgIpc) is 2.36. The zero-order chi connectivity index (χ0) is 14.3. The molecule has 6 heteroatoms. The minimum atomic E-state index is -0.968. The van der Waals surface area contributed by atoms with E-state index in [0.717, 1.165) is 0 Å². The van der Waals surface area contributed by atoms with E-state index in [0.29, 0.717) is 24.4 Å². The van der Waals surface area contributed by atoms with Gasteiger partial charge in [0.05, 0.1) is 12.2 Å². The Kier molecular flexibility index (Phi) is 9.78. The number of allylic oxidation sites excluding steroid dienone is 1. The number of esters is 1. The summed E-state index contributed by atoms with van der Waals surface area (Å²) in [5.74, 6) is -1.39. The predicted molar refractivity (Wildman–Crippen MR) is 71.7 cm³/mol. The number of benzene rings is 1. The standard InChI is InChI=1S/C14H17NO4.K.H/c1-3-19-13(16)8-10(2)15-9-11-6-4-5-7-12(11)14(17)18;;/h4-8,15H,3,9H2,1-2H3,(H,17,18);;/q;+1;-1/b10-8-;;. The fraction of sp³-hybridized carbons (Fsp3) is 0.286. The molecule has 0 unspecified atom stereocenters. The summed E-state index contributed by atoms with van der Waals surface area (Å²) in [6, 6.07) is 6.72. The van der Waals surface area contributed by atoms with E-state index in [-0.39, 0.29) is 58.4 Å². The number of nitrogens with one attached hydrogen (secondary N) is 1. The maximum atomic E-state index is 11.2. The summed E-state index contributed by atoms with van der Waals surface area (Å²) in [5.41, 5.74) is 1.53. The minimum absolute atomic E-state index is 0. The molecule has 0 atom stereocenters. The Bertz CT molecular complexity index is 506. The molecule has 104 valence electrons. The van der Waals surface area contributed by atoms with E-state index in [1.54, 1.807) is 38.1 Å². The van der Waals surface area contributed by atoms with Crippen LogP contribution in [-0.2, 0) is 16.1 Å². The summed E-state index contributed by atoms with van der Waals surface area (Å²) < 4.78 is 4.78. The van der Waals surface area contributed by atoms with Crippen LogP contribution in [0.25, 0.3) is 0 Å². The first-order valence-electron chi connectivity index (χ1n) is 5.94. The van der Waals surface area contributed by atoms with Gasteiger partial charge in [-0.15, -0.1) is 0 Å². The van der Waals surface area contributed by atoms with Crippen molar-refractivity contribution < 1.29 is 72.2 Å². The number of aromatic carboxylic acids is 1. The van der Waals surface area contributed by atoms with Crippen molar-refractivity contribution in [3.63, 3.8) is 0 Å². The zero-order valence-electron chi connectivity index (χ0n) is 13.0. The summed E-state index contributed by atoms with van der Waals surface area (Å²) in [4.78, 5) is 22.2. The van der Waals surface area contributed by atoms with Gasteiger partial charge < -0.3 is 16.6 Å². The Balaban J connectivity index is 0. The summed E-state index contributed by atoms with van der Waals surface area (Å²) in [6.07, 6.45) is 1.34. The fourth-order valence-electron chi connectivity index (χ4n) is 1.53. The van der Waals surface area contributed by atoms with Gasteiger partial charge in [0.1, 0.15) is 0 Å². The van der Waals surface area contributed by atoms with Crippen molar-refractivity contribution >= 4 is 11.9 Å². The van der Waals surface area contributed by atoms with E-state index < -0.39 is 11.9 Å². The number of carboxylic acid groups (broad SMARTS) is 1. The topological polar surface area (TPSA) is 75.6 Å². The van der Waals surface area contributed by atoms with Gasteiger partial charge >= 0.3 is 63.3 Å². The van der Waals surface area contributed by atoms with Gasteiger partial charge in [0.2, 0.25) is 0 Å². The van der Waals surface area contributed by atoms with E-state index in [1.807, 2.05) is 0 Å². The van der Waals surface area contributed by atoms with Crippen molar-refractivity contribution in [2.24, 2.45) is 0 Å². The molecule has 0 saturated carbocycles. The molecule has 0 bridgehead atoms. The van der Waals surface area contributed by atoms with Crippen LogP contribution in [0.5, 0.6) is 0 Å². The molecular weight excluding hydrogens is 285 g/mol. The number of hydrogen-bond donors (Lipinski definition) is 2. The van der Waals surface area contributed by atoms with Crippen molar-refractivity contribution in [1.29, 1.82) is 0 Å². The van der Waals surface area contributed by atoms with Crippen LogP contribution in [0.3, 0.4) is 0 Å². The number of carbonyl (C=O) groups is 2. The first-order valence-corrected chi connectivity index (χ1v) is 5.94. The predicted octanol–water partition coefficient (Wildman–Crippen LogP) is -0.942. The number of ether oxygens (including phenoxy) is 1. The Morgan fingerprint density at radius 2 is 2.05 bits per heavy atom. The Morgan fingerprint density at radius 1 is 1.40 bits per heavy atom. The molecule has 1 aromatic carbocycles. The number of rotatable bonds is 6. The van der Waals surface area contributed by atoms with Gasteiger partial charge in [-0.3, -0.25) is 0 Å². The first-order chi connectivity index (χ1) is 9.04. The summed E-state index contributed by atoms with van der Waals surface area (Å²) in [6.45, 7) is 4.12. The first kappa shape index (κ1) is 19.3. The van der Waals surface area contributed by atoms with Gasteiger partial charge in [0.15, 0.2) is 0 Å². The Hall–Kier alpha value is -0.664. The van der Waals surface area contributed by atoms with Crippen LogP contribution < -0.4 is 56.7 Å². The molecule has 0 aliphatic rings. The third-order valence-electron chi connectivity index (χ3n) is 2.43. The summed E-state index contributed by atoms with van der Waals surface area (Å²) in [7, 11) is 0. The third-order valence-corrected chi connectivity index (χ3v) is 2.43. The van der Waals surface area contributed by atoms with Crippen molar-refractivity contribution in [3.05, 3.63) is 47.2 Å². The van der Waals surface area contributed by atoms with Crippen LogP contribution in [-0.4, -0.2) is 23.7 Å². The van der Waals surface area contributed by atoms with E-state index in [1.165, 1.54) is 6.08 Å². The second-order valence-corrected chi connectivity index (χ2v) is 3.90. The maximum absolute atomic E-state index is 11.2. The molecule has 0 radical (unpaired) electrons. The molecule has 0 aliphatic heterocycles. The van der Waals surface area contributed by atoms with Crippen molar-refractivity contribution in [2.75, 3.05) is 6.61 Å².